The van der Waals surface area contributed by atoms with Gasteiger partial charge in [0.2, 0.25) is 5.91 Å². The van der Waals surface area contributed by atoms with E-state index in [0.29, 0.717) is 11.9 Å². The highest BCUT2D eigenvalue weighted by Gasteiger charge is 2.31. The van der Waals surface area contributed by atoms with Crippen LogP contribution < -0.4 is 0 Å². The number of likely N-dealkylation sites (tertiary alicyclic amines) is 1. The molecule has 26 heavy (non-hydrogen) atoms. The van der Waals surface area contributed by atoms with E-state index in [1.54, 1.807) is 0 Å². The minimum atomic E-state index is -0.763. The van der Waals surface area contributed by atoms with Gasteiger partial charge >= 0.3 is 5.97 Å². The third-order valence-electron chi connectivity index (χ3n) is 6.37. The van der Waals surface area contributed by atoms with Crippen molar-refractivity contribution in [3.8, 4) is 0 Å². The van der Waals surface area contributed by atoms with Gasteiger partial charge in [-0.3, -0.25) is 14.5 Å². The van der Waals surface area contributed by atoms with E-state index in [1.807, 2.05) is 11.8 Å². The number of carboxylic acids is 1. The zero-order valence-corrected chi connectivity index (χ0v) is 16.8. The first-order valence-electron chi connectivity index (χ1n) is 10.8. The van der Waals surface area contributed by atoms with Gasteiger partial charge in [-0.15, -0.1) is 0 Å². The molecule has 5 nitrogen and oxygen atoms in total. The van der Waals surface area contributed by atoms with Gasteiger partial charge in [-0.2, -0.15) is 0 Å². The zero-order chi connectivity index (χ0) is 18.9. The monoisotopic (exact) mass is 366 g/mol. The minimum Gasteiger partial charge on any atom is -0.480 e. The Morgan fingerprint density at radius 1 is 1.08 bits per heavy atom. The van der Waals surface area contributed by atoms with Gasteiger partial charge in [0.1, 0.15) is 0 Å². The smallest absolute Gasteiger partial charge is 0.317 e. The van der Waals surface area contributed by atoms with Crippen LogP contribution in [0.5, 0.6) is 0 Å². The van der Waals surface area contributed by atoms with Gasteiger partial charge in [0.25, 0.3) is 0 Å². The van der Waals surface area contributed by atoms with Crippen LogP contribution in [-0.4, -0.2) is 59.0 Å². The molecule has 1 aliphatic heterocycles. The molecule has 1 unspecified atom stereocenters. The lowest BCUT2D eigenvalue weighted by Crippen LogP contribution is -2.49. The number of hydrogen-bond acceptors (Lipinski definition) is 3. The van der Waals surface area contributed by atoms with E-state index in [0.717, 1.165) is 57.7 Å². The number of rotatable bonds is 9. The van der Waals surface area contributed by atoms with Crippen molar-refractivity contribution in [2.75, 3.05) is 26.2 Å². The predicted octanol–water partition coefficient (Wildman–Crippen LogP) is 3.77. The summed E-state index contributed by atoms with van der Waals surface area (Å²) in [5, 5.41) is 9.07. The Bertz CT molecular complexity index is 441. The van der Waals surface area contributed by atoms with E-state index in [9.17, 15) is 9.59 Å². The third-order valence-corrected chi connectivity index (χ3v) is 6.37. The highest BCUT2D eigenvalue weighted by Crippen LogP contribution is 2.32. The summed E-state index contributed by atoms with van der Waals surface area (Å²) in [6, 6.07) is 0.295. The third kappa shape index (κ3) is 6.26. The summed E-state index contributed by atoms with van der Waals surface area (Å²) in [6.45, 7) is 6.62. The molecule has 1 saturated heterocycles. The van der Waals surface area contributed by atoms with Crippen molar-refractivity contribution >= 4 is 11.9 Å². The maximum atomic E-state index is 13.1. The summed E-state index contributed by atoms with van der Waals surface area (Å²) < 4.78 is 0. The van der Waals surface area contributed by atoms with E-state index in [2.05, 4.69) is 11.8 Å². The van der Waals surface area contributed by atoms with Crippen LogP contribution in [0.4, 0.5) is 0 Å². The average Bonchev–Trinajstić information content (AvgIpc) is 2.66. The Morgan fingerprint density at radius 2 is 1.73 bits per heavy atom. The second-order valence-electron chi connectivity index (χ2n) is 8.24. The Kier molecular flexibility index (Phi) is 8.89. The van der Waals surface area contributed by atoms with Gasteiger partial charge in [0, 0.05) is 25.0 Å². The summed E-state index contributed by atoms with van der Waals surface area (Å²) in [5.41, 5.74) is 0. The number of carbonyl (C=O) groups is 2. The highest BCUT2D eigenvalue weighted by molar-refractivity contribution is 5.79. The van der Waals surface area contributed by atoms with Crippen molar-refractivity contribution in [2.45, 2.75) is 84.1 Å². The molecule has 1 amide bonds. The molecule has 1 heterocycles. The van der Waals surface area contributed by atoms with E-state index in [1.165, 1.54) is 32.1 Å². The molecule has 0 aromatic heterocycles. The summed E-state index contributed by atoms with van der Waals surface area (Å²) in [6.07, 6.45) is 11.6. The van der Waals surface area contributed by atoms with E-state index >= 15 is 0 Å². The number of carboxylic acid groups (broad SMARTS) is 1. The van der Waals surface area contributed by atoms with Crippen molar-refractivity contribution in [3.05, 3.63) is 0 Å². The van der Waals surface area contributed by atoms with Gasteiger partial charge in [-0.25, -0.2) is 0 Å². The van der Waals surface area contributed by atoms with Crippen molar-refractivity contribution in [1.29, 1.82) is 0 Å². The Morgan fingerprint density at radius 3 is 2.27 bits per heavy atom. The molecule has 1 saturated carbocycles. The second kappa shape index (κ2) is 10.9. The number of amides is 1. The fourth-order valence-corrected chi connectivity index (χ4v) is 4.90. The molecule has 1 atom stereocenters. The molecular weight excluding hydrogens is 328 g/mol. The minimum absolute atomic E-state index is 0.106. The fraction of sp³-hybridized carbons (Fsp3) is 0.905. The molecule has 0 aromatic rings. The van der Waals surface area contributed by atoms with Gasteiger partial charge in [-0.1, -0.05) is 52.4 Å². The SMILES string of the molecule is CCCC(CC1CCCCC1)C(=O)N1CCC(N(CC)CC(=O)O)CC1. The topological polar surface area (TPSA) is 60.9 Å². The maximum absolute atomic E-state index is 13.1. The molecular formula is C21H38N2O3. The van der Waals surface area contributed by atoms with E-state index in [-0.39, 0.29) is 12.5 Å². The average molecular weight is 367 g/mol. The van der Waals surface area contributed by atoms with Gasteiger partial charge in [0.05, 0.1) is 6.54 Å². The summed E-state index contributed by atoms with van der Waals surface area (Å²) in [5.74, 6) is 0.534. The number of nitrogens with zero attached hydrogens (tertiary/aromatic N) is 2. The predicted molar refractivity (Wildman–Crippen MR) is 104 cm³/mol. The molecule has 0 spiro atoms. The van der Waals surface area contributed by atoms with Gasteiger partial charge in [-0.05, 0) is 38.1 Å². The van der Waals surface area contributed by atoms with Crippen LogP contribution in [-0.2, 0) is 9.59 Å². The fourth-order valence-electron chi connectivity index (χ4n) is 4.90. The molecule has 2 rings (SSSR count). The molecule has 0 radical (unpaired) electrons. The number of likely N-dealkylation sites (N-methyl/N-ethyl adjacent to an activating group) is 1. The van der Waals surface area contributed by atoms with Crippen LogP contribution >= 0.6 is 0 Å². The van der Waals surface area contributed by atoms with Crippen LogP contribution in [0.25, 0.3) is 0 Å². The van der Waals surface area contributed by atoms with E-state index in [4.69, 9.17) is 5.11 Å². The van der Waals surface area contributed by atoms with Crippen molar-refractivity contribution < 1.29 is 14.7 Å². The van der Waals surface area contributed by atoms with Crippen LogP contribution in [0, 0.1) is 11.8 Å². The van der Waals surface area contributed by atoms with Crippen molar-refractivity contribution in [2.24, 2.45) is 11.8 Å². The number of piperidine rings is 1. The standard InChI is InChI=1S/C21H38N2O3/c1-3-8-18(15-17-9-6-5-7-10-17)21(26)23-13-11-19(12-14-23)22(4-2)16-20(24)25/h17-19H,3-16H2,1-2H3,(H,24,25). The number of aliphatic carboxylic acids is 1. The first-order valence-corrected chi connectivity index (χ1v) is 10.8. The second-order valence-corrected chi connectivity index (χ2v) is 8.24. The molecule has 2 fully saturated rings. The number of carbonyl (C=O) groups excluding carboxylic acids is 1. The Labute approximate surface area is 159 Å². The molecule has 0 bridgehead atoms. The first kappa shape index (κ1) is 21.2. The van der Waals surface area contributed by atoms with Gasteiger partial charge < -0.3 is 10.0 Å². The van der Waals surface area contributed by atoms with E-state index < -0.39 is 5.97 Å². The quantitative estimate of drug-likeness (QED) is 0.675. The summed E-state index contributed by atoms with van der Waals surface area (Å²) in [7, 11) is 0. The Hall–Kier alpha value is -1.10. The van der Waals surface area contributed by atoms with Crippen LogP contribution in [0.15, 0.2) is 0 Å². The molecule has 2 aliphatic rings. The largest absolute Gasteiger partial charge is 0.480 e. The molecule has 1 N–H and O–H groups in total. The van der Waals surface area contributed by atoms with Gasteiger partial charge in [0.15, 0.2) is 0 Å². The number of hydrogen-bond donors (Lipinski definition) is 1. The lowest BCUT2D eigenvalue weighted by atomic mass is 9.81. The molecule has 1 aliphatic carbocycles. The molecule has 5 heteroatoms. The molecule has 0 aromatic carbocycles. The lowest BCUT2D eigenvalue weighted by molar-refractivity contribution is -0.141. The molecule has 150 valence electrons. The normalized spacial score (nSPS) is 21.1. The summed E-state index contributed by atoms with van der Waals surface area (Å²) >= 11 is 0. The van der Waals surface area contributed by atoms with Crippen molar-refractivity contribution in [3.63, 3.8) is 0 Å². The van der Waals surface area contributed by atoms with Crippen LogP contribution in [0.1, 0.15) is 78.1 Å². The Balaban J connectivity index is 1.86. The first-order chi connectivity index (χ1) is 12.5. The van der Waals surface area contributed by atoms with Crippen molar-refractivity contribution in [1.82, 2.24) is 9.80 Å². The zero-order valence-electron chi connectivity index (χ0n) is 16.8. The maximum Gasteiger partial charge on any atom is 0.317 e. The lowest BCUT2D eigenvalue weighted by Gasteiger charge is -2.39. The summed E-state index contributed by atoms with van der Waals surface area (Å²) in [4.78, 5) is 28.2. The highest BCUT2D eigenvalue weighted by atomic mass is 16.4. The van der Waals surface area contributed by atoms with Crippen LogP contribution in [0.2, 0.25) is 0 Å². The van der Waals surface area contributed by atoms with Crippen LogP contribution in [0.3, 0.4) is 0 Å².